The van der Waals surface area contributed by atoms with E-state index in [9.17, 15) is 9.59 Å². The number of Topliss-reactive ketones (excluding diaryl/α,β-unsaturated/α-hetero) is 1. The SMILES string of the molecule is C=C1C[C@@]2(Cl)CC=CC=C(C2=O)[C@@](C(=O)OC)(c2ccccc2)C1. The second kappa shape index (κ2) is 6.06. The second-order valence-electron chi connectivity index (χ2n) is 6.37. The molecule has 0 radical (unpaired) electrons. The number of methoxy groups -OCH3 is 1. The fourth-order valence-electron chi connectivity index (χ4n) is 3.70. The van der Waals surface area contributed by atoms with Crippen LogP contribution in [0.2, 0.25) is 0 Å². The van der Waals surface area contributed by atoms with E-state index in [1.807, 2.05) is 36.4 Å². The molecule has 1 aromatic carbocycles. The molecule has 1 aromatic rings. The van der Waals surface area contributed by atoms with Crippen molar-refractivity contribution >= 4 is 23.4 Å². The number of alkyl halides is 1. The van der Waals surface area contributed by atoms with Crippen molar-refractivity contribution in [1.82, 2.24) is 0 Å². The van der Waals surface area contributed by atoms with Crippen molar-refractivity contribution in [2.24, 2.45) is 0 Å². The van der Waals surface area contributed by atoms with E-state index in [0.717, 1.165) is 5.57 Å². The highest BCUT2D eigenvalue weighted by Crippen LogP contribution is 2.49. The Balaban J connectivity index is 2.33. The van der Waals surface area contributed by atoms with Crippen molar-refractivity contribution in [3.05, 3.63) is 71.8 Å². The first-order valence-electron chi connectivity index (χ1n) is 7.86. The molecular formula is C20H19ClO3. The molecule has 2 bridgehead atoms. The minimum Gasteiger partial charge on any atom is -0.468 e. The molecule has 3 rings (SSSR count). The van der Waals surface area contributed by atoms with Crippen LogP contribution in [0.3, 0.4) is 0 Å². The van der Waals surface area contributed by atoms with Gasteiger partial charge in [0.25, 0.3) is 0 Å². The summed E-state index contributed by atoms with van der Waals surface area (Å²) in [5, 5.41) is 0. The van der Waals surface area contributed by atoms with Crippen molar-refractivity contribution in [3.63, 3.8) is 0 Å². The lowest BCUT2D eigenvalue weighted by Crippen LogP contribution is -2.43. The smallest absolute Gasteiger partial charge is 0.321 e. The van der Waals surface area contributed by atoms with Gasteiger partial charge in [0.05, 0.1) is 7.11 Å². The Kier molecular flexibility index (Phi) is 4.22. The van der Waals surface area contributed by atoms with Gasteiger partial charge in [-0.15, -0.1) is 11.6 Å². The first-order valence-corrected chi connectivity index (χ1v) is 8.23. The number of esters is 1. The maximum atomic E-state index is 13.2. The number of ether oxygens (including phenoxy) is 1. The predicted octanol–water partition coefficient (Wildman–Crippen LogP) is 3.88. The van der Waals surface area contributed by atoms with Crippen molar-refractivity contribution in [2.75, 3.05) is 7.11 Å². The molecule has 0 saturated heterocycles. The zero-order chi connectivity index (χ0) is 17.4. The standard InChI is InChI=1S/C20H19ClO3/c1-14-12-19(21)11-7-6-10-16(17(19)22)20(13-14,18(23)24-2)15-8-4-3-5-9-15/h3-10H,1,11-13H2,2H3/t19-,20-/m0/s1. The Morgan fingerprint density at radius 3 is 2.62 bits per heavy atom. The summed E-state index contributed by atoms with van der Waals surface area (Å²) in [7, 11) is 1.34. The molecule has 0 amide bonds. The van der Waals surface area contributed by atoms with E-state index in [0.29, 0.717) is 30.4 Å². The van der Waals surface area contributed by atoms with Gasteiger partial charge >= 0.3 is 5.97 Å². The highest BCUT2D eigenvalue weighted by molar-refractivity contribution is 6.39. The van der Waals surface area contributed by atoms with E-state index in [1.54, 1.807) is 12.2 Å². The second-order valence-corrected chi connectivity index (χ2v) is 7.10. The van der Waals surface area contributed by atoms with E-state index in [2.05, 4.69) is 6.58 Å². The number of carbonyl (C=O) groups is 2. The third-order valence-corrected chi connectivity index (χ3v) is 5.26. The number of ketones is 1. The van der Waals surface area contributed by atoms with Gasteiger partial charge in [0.2, 0.25) is 0 Å². The highest BCUT2D eigenvalue weighted by Gasteiger charge is 2.55. The predicted molar refractivity (Wildman–Crippen MR) is 93.9 cm³/mol. The average Bonchev–Trinajstić information content (AvgIpc) is 2.77. The van der Waals surface area contributed by atoms with Gasteiger partial charge < -0.3 is 4.74 Å². The Morgan fingerprint density at radius 1 is 1.25 bits per heavy atom. The number of allylic oxidation sites excluding steroid dienone is 4. The van der Waals surface area contributed by atoms with E-state index in [1.165, 1.54) is 7.11 Å². The van der Waals surface area contributed by atoms with Gasteiger partial charge in [0.15, 0.2) is 5.78 Å². The number of rotatable bonds is 2. The van der Waals surface area contributed by atoms with E-state index >= 15 is 0 Å². The summed E-state index contributed by atoms with van der Waals surface area (Å²) < 4.78 is 5.12. The Labute approximate surface area is 146 Å². The minimum atomic E-state index is -1.21. The minimum absolute atomic E-state index is 0.220. The van der Waals surface area contributed by atoms with Crippen LogP contribution < -0.4 is 0 Å². The molecule has 0 unspecified atom stereocenters. The molecule has 124 valence electrons. The monoisotopic (exact) mass is 342 g/mol. The topological polar surface area (TPSA) is 43.4 Å². The normalized spacial score (nSPS) is 29.5. The molecule has 0 aromatic heterocycles. The fourth-order valence-corrected chi connectivity index (χ4v) is 4.08. The van der Waals surface area contributed by atoms with Crippen LogP contribution in [0, 0.1) is 0 Å². The van der Waals surface area contributed by atoms with Crippen LogP contribution in [-0.2, 0) is 19.7 Å². The molecule has 4 heteroatoms. The lowest BCUT2D eigenvalue weighted by Gasteiger charge is -2.32. The highest BCUT2D eigenvalue weighted by atomic mass is 35.5. The van der Waals surface area contributed by atoms with Crippen LogP contribution in [0.15, 0.2) is 66.3 Å². The van der Waals surface area contributed by atoms with Crippen molar-refractivity contribution < 1.29 is 14.3 Å². The maximum Gasteiger partial charge on any atom is 0.321 e. The quantitative estimate of drug-likeness (QED) is 0.465. The molecule has 2 aliphatic carbocycles. The van der Waals surface area contributed by atoms with Gasteiger partial charge in [-0.05, 0) is 24.8 Å². The van der Waals surface area contributed by atoms with Crippen molar-refractivity contribution in [1.29, 1.82) is 0 Å². The Hall–Kier alpha value is -2.13. The molecule has 1 fully saturated rings. The van der Waals surface area contributed by atoms with Crippen LogP contribution in [-0.4, -0.2) is 23.7 Å². The van der Waals surface area contributed by atoms with Crippen LogP contribution in [0.25, 0.3) is 0 Å². The van der Waals surface area contributed by atoms with Gasteiger partial charge in [-0.1, -0.05) is 60.7 Å². The van der Waals surface area contributed by atoms with Crippen LogP contribution in [0.1, 0.15) is 24.8 Å². The van der Waals surface area contributed by atoms with Gasteiger partial charge in [-0.2, -0.15) is 0 Å². The summed E-state index contributed by atoms with van der Waals surface area (Å²) in [4.78, 5) is 25.1. The van der Waals surface area contributed by atoms with Gasteiger partial charge in [0.1, 0.15) is 10.3 Å². The summed E-state index contributed by atoms with van der Waals surface area (Å²) >= 11 is 6.67. The number of benzene rings is 1. The molecule has 0 spiro atoms. The largest absolute Gasteiger partial charge is 0.468 e. The number of carbonyl (C=O) groups excluding carboxylic acids is 2. The first kappa shape index (κ1) is 16.7. The van der Waals surface area contributed by atoms with Crippen LogP contribution in [0.4, 0.5) is 0 Å². The van der Waals surface area contributed by atoms with E-state index < -0.39 is 16.3 Å². The third kappa shape index (κ3) is 2.44. The first-order chi connectivity index (χ1) is 11.4. The molecule has 2 atom stereocenters. The number of halogens is 1. The molecule has 24 heavy (non-hydrogen) atoms. The lowest BCUT2D eigenvalue weighted by molar-refractivity contribution is -0.146. The molecule has 3 nitrogen and oxygen atoms in total. The fraction of sp³-hybridized carbons (Fsp3) is 0.300. The van der Waals surface area contributed by atoms with E-state index in [4.69, 9.17) is 16.3 Å². The summed E-state index contributed by atoms with van der Waals surface area (Å²) in [5.74, 6) is -0.687. The zero-order valence-electron chi connectivity index (χ0n) is 13.5. The average molecular weight is 343 g/mol. The van der Waals surface area contributed by atoms with Gasteiger partial charge in [-0.3, -0.25) is 9.59 Å². The molecule has 0 N–H and O–H groups in total. The molecule has 0 aliphatic heterocycles. The molecule has 2 aliphatic rings. The van der Waals surface area contributed by atoms with Crippen molar-refractivity contribution in [2.45, 2.75) is 29.6 Å². The van der Waals surface area contributed by atoms with Gasteiger partial charge in [-0.25, -0.2) is 0 Å². The summed E-state index contributed by atoms with van der Waals surface area (Å²) in [6, 6.07) is 9.25. The summed E-state index contributed by atoms with van der Waals surface area (Å²) in [6.07, 6.45) is 6.44. The van der Waals surface area contributed by atoms with Crippen LogP contribution in [0.5, 0.6) is 0 Å². The number of hydrogen-bond donors (Lipinski definition) is 0. The van der Waals surface area contributed by atoms with Crippen molar-refractivity contribution in [3.8, 4) is 0 Å². The Morgan fingerprint density at radius 2 is 1.96 bits per heavy atom. The number of hydrogen-bond acceptors (Lipinski definition) is 3. The van der Waals surface area contributed by atoms with E-state index in [-0.39, 0.29) is 5.78 Å². The molecule has 1 saturated carbocycles. The Bertz CT molecular complexity index is 762. The van der Waals surface area contributed by atoms with Gasteiger partial charge in [0, 0.05) is 5.57 Å². The molecule has 0 heterocycles. The maximum absolute atomic E-state index is 13.2. The summed E-state index contributed by atoms with van der Waals surface area (Å²) in [5.41, 5.74) is 0.651. The third-order valence-electron chi connectivity index (χ3n) is 4.80. The molecular weight excluding hydrogens is 324 g/mol. The zero-order valence-corrected chi connectivity index (χ0v) is 14.3. The summed E-state index contributed by atoms with van der Waals surface area (Å²) in [6.45, 7) is 4.09. The van der Waals surface area contributed by atoms with Crippen LogP contribution >= 0.6 is 11.6 Å². The number of fused-ring (bicyclic) bond motifs is 2. The lowest BCUT2D eigenvalue weighted by atomic mass is 9.69.